The van der Waals surface area contributed by atoms with Crippen LogP contribution in [0.15, 0.2) is 0 Å². The van der Waals surface area contributed by atoms with E-state index in [-0.39, 0.29) is 0 Å². The summed E-state index contributed by atoms with van der Waals surface area (Å²) in [6, 6.07) is 0.842. The highest BCUT2D eigenvalue weighted by Gasteiger charge is 2.16. The average molecular weight is 228 g/mol. The molecule has 3 nitrogen and oxygen atoms in total. The summed E-state index contributed by atoms with van der Waals surface area (Å²) >= 11 is 0. The van der Waals surface area contributed by atoms with Crippen molar-refractivity contribution in [2.45, 2.75) is 44.6 Å². The van der Waals surface area contributed by atoms with Crippen LogP contribution < -0.4 is 5.32 Å². The zero-order chi connectivity index (χ0) is 11.6. The van der Waals surface area contributed by atoms with Crippen LogP contribution in [0.3, 0.4) is 0 Å². The van der Waals surface area contributed by atoms with E-state index >= 15 is 0 Å². The summed E-state index contributed by atoms with van der Waals surface area (Å²) < 4.78 is 5.01. The SMILES string of the molecule is COCCCNCCN(C)C1CCCCC1. The molecule has 0 unspecified atom stereocenters. The maximum Gasteiger partial charge on any atom is 0.0474 e. The Labute approximate surface area is 101 Å². The van der Waals surface area contributed by atoms with Crippen LogP contribution >= 0.6 is 0 Å². The van der Waals surface area contributed by atoms with Crippen molar-refractivity contribution >= 4 is 0 Å². The Kier molecular flexibility index (Phi) is 7.81. The monoisotopic (exact) mass is 228 g/mol. The standard InChI is InChI=1S/C13H28N2O/c1-15(13-7-4-3-5-8-13)11-10-14-9-6-12-16-2/h13-14H,3-12H2,1-2H3. The molecule has 0 aromatic carbocycles. The lowest BCUT2D eigenvalue weighted by Crippen LogP contribution is -2.38. The maximum atomic E-state index is 5.01. The lowest BCUT2D eigenvalue weighted by Gasteiger charge is -2.31. The molecule has 1 saturated carbocycles. The average Bonchev–Trinajstić information content (AvgIpc) is 2.34. The van der Waals surface area contributed by atoms with E-state index in [9.17, 15) is 0 Å². The molecule has 0 bridgehead atoms. The molecular weight excluding hydrogens is 200 g/mol. The number of hydrogen-bond donors (Lipinski definition) is 1. The lowest BCUT2D eigenvalue weighted by molar-refractivity contribution is 0.185. The zero-order valence-corrected chi connectivity index (χ0v) is 11.0. The molecule has 1 N–H and O–H groups in total. The molecule has 96 valence electrons. The minimum absolute atomic E-state index is 0.842. The summed E-state index contributed by atoms with van der Waals surface area (Å²) in [5, 5.41) is 3.47. The van der Waals surface area contributed by atoms with E-state index < -0.39 is 0 Å². The van der Waals surface area contributed by atoms with Crippen LogP contribution in [-0.4, -0.2) is 51.3 Å². The Balaban J connectivity index is 1.94. The van der Waals surface area contributed by atoms with Crippen molar-refractivity contribution in [3.63, 3.8) is 0 Å². The second-order valence-corrected chi connectivity index (χ2v) is 4.87. The fraction of sp³-hybridized carbons (Fsp3) is 1.00. The van der Waals surface area contributed by atoms with Crippen LogP contribution in [0.1, 0.15) is 38.5 Å². The summed E-state index contributed by atoms with van der Waals surface area (Å²) in [6.07, 6.45) is 8.22. The Morgan fingerprint density at radius 2 is 1.94 bits per heavy atom. The van der Waals surface area contributed by atoms with Crippen molar-refractivity contribution in [2.24, 2.45) is 0 Å². The second kappa shape index (κ2) is 8.97. The normalized spacial score (nSPS) is 18.2. The van der Waals surface area contributed by atoms with Gasteiger partial charge in [0.15, 0.2) is 0 Å². The van der Waals surface area contributed by atoms with Gasteiger partial charge in [-0.1, -0.05) is 19.3 Å². The number of rotatable bonds is 8. The topological polar surface area (TPSA) is 24.5 Å². The van der Waals surface area contributed by atoms with Crippen LogP contribution in [0.25, 0.3) is 0 Å². The van der Waals surface area contributed by atoms with Crippen LogP contribution in [-0.2, 0) is 4.74 Å². The number of methoxy groups -OCH3 is 1. The Morgan fingerprint density at radius 3 is 2.62 bits per heavy atom. The van der Waals surface area contributed by atoms with Crippen molar-refractivity contribution in [3.8, 4) is 0 Å². The third kappa shape index (κ3) is 5.83. The first-order valence-corrected chi connectivity index (χ1v) is 6.74. The number of nitrogens with zero attached hydrogens (tertiary/aromatic N) is 1. The maximum absolute atomic E-state index is 5.01. The number of ether oxygens (including phenoxy) is 1. The van der Waals surface area contributed by atoms with Gasteiger partial charge in [0.2, 0.25) is 0 Å². The second-order valence-electron chi connectivity index (χ2n) is 4.87. The van der Waals surface area contributed by atoms with Gasteiger partial charge >= 0.3 is 0 Å². The predicted molar refractivity (Wildman–Crippen MR) is 68.9 cm³/mol. The highest BCUT2D eigenvalue weighted by atomic mass is 16.5. The molecule has 1 aliphatic carbocycles. The summed E-state index contributed by atoms with van der Waals surface area (Å²) in [5.74, 6) is 0. The molecule has 0 amide bonds. The van der Waals surface area contributed by atoms with E-state index in [1.807, 2.05) is 0 Å². The van der Waals surface area contributed by atoms with Gasteiger partial charge in [0.25, 0.3) is 0 Å². The Morgan fingerprint density at radius 1 is 1.19 bits per heavy atom. The van der Waals surface area contributed by atoms with E-state index in [0.717, 1.165) is 32.2 Å². The quantitative estimate of drug-likeness (QED) is 0.642. The van der Waals surface area contributed by atoms with Crippen molar-refractivity contribution in [1.82, 2.24) is 10.2 Å². The predicted octanol–water partition coefficient (Wildman–Crippen LogP) is 1.88. The van der Waals surface area contributed by atoms with E-state index in [2.05, 4.69) is 17.3 Å². The van der Waals surface area contributed by atoms with Gasteiger partial charge in [0, 0.05) is 32.8 Å². The van der Waals surface area contributed by atoms with Crippen LogP contribution in [0, 0.1) is 0 Å². The lowest BCUT2D eigenvalue weighted by atomic mass is 9.94. The van der Waals surface area contributed by atoms with Gasteiger partial charge in [0.1, 0.15) is 0 Å². The summed E-state index contributed by atoms with van der Waals surface area (Å²) in [6.45, 7) is 4.23. The molecule has 0 radical (unpaired) electrons. The number of hydrogen-bond acceptors (Lipinski definition) is 3. The summed E-state index contributed by atoms with van der Waals surface area (Å²) in [4.78, 5) is 2.53. The Hall–Kier alpha value is -0.120. The number of nitrogens with one attached hydrogen (secondary N) is 1. The van der Waals surface area contributed by atoms with E-state index in [4.69, 9.17) is 4.74 Å². The molecule has 0 aromatic rings. The molecule has 0 aliphatic heterocycles. The molecule has 1 rings (SSSR count). The molecule has 1 aliphatic rings. The highest BCUT2D eigenvalue weighted by molar-refractivity contribution is 4.73. The third-order valence-corrected chi connectivity index (χ3v) is 3.54. The molecule has 0 atom stereocenters. The summed E-state index contributed by atoms with van der Waals surface area (Å²) in [7, 11) is 4.03. The zero-order valence-electron chi connectivity index (χ0n) is 11.0. The number of likely N-dealkylation sites (N-methyl/N-ethyl adjacent to an activating group) is 1. The third-order valence-electron chi connectivity index (χ3n) is 3.54. The minimum Gasteiger partial charge on any atom is -0.385 e. The van der Waals surface area contributed by atoms with Gasteiger partial charge in [-0.05, 0) is 32.9 Å². The molecule has 1 fully saturated rings. The van der Waals surface area contributed by atoms with E-state index in [1.54, 1.807) is 7.11 Å². The van der Waals surface area contributed by atoms with Gasteiger partial charge in [-0.15, -0.1) is 0 Å². The van der Waals surface area contributed by atoms with Crippen molar-refractivity contribution < 1.29 is 4.74 Å². The minimum atomic E-state index is 0.842. The van der Waals surface area contributed by atoms with Gasteiger partial charge in [0.05, 0.1) is 0 Å². The first kappa shape index (κ1) is 13.9. The fourth-order valence-electron chi connectivity index (χ4n) is 2.43. The van der Waals surface area contributed by atoms with E-state index in [0.29, 0.717) is 0 Å². The molecular formula is C13H28N2O. The highest BCUT2D eigenvalue weighted by Crippen LogP contribution is 2.20. The largest absolute Gasteiger partial charge is 0.385 e. The molecule has 0 aromatic heterocycles. The van der Waals surface area contributed by atoms with Crippen molar-refractivity contribution in [2.75, 3.05) is 40.4 Å². The van der Waals surface area contributed by atoms with Gasteiger partial charge in [-0.2, -0.15) is 0 Å². The smallest absolute Gasteiger partial charge is 0.0474 e. The van der Waals surface area contributed by atoms with E-state index in [1.165, 1.54) is 38.6 Å². The van der Waals surface area contributed by atoms with Crippen LogP contribution in [0.5, 0.6) is 0 Å². The molecule has 0 saturated heterocycles. The van der Waals surface area contributed by atoms with Crippen LogP contribution in [0.4, 0.5) is 0 Å². The van der Waals surface area contributed by atoms with Gasteiger partial charge < -0.3 is 15.0 Å². The first-order chi connectivity index (χ1) is 7.84. The van der Waals surface area contributed by atoms with Crippen LogP contribution in [0.2, 0.25) is 0 Å². The molecule has 0 heterocycles. The molecule has 0 spiro atoms. The van der Waals surface area contributed by atoms with Crippen molar-refractivity contribution in [1.29, 1.82) is 0 Å². The van der Waals surface area contributed by atoms with Crippen molar-refractivity contribution in [3.05, 3.63) is 0 Å². The fourth-order valence-corrected chi connectivity index (χ4v) is 2.43. The van der Waals surface area contributed by atoms with Gasteiger partial charge in [-0.25, -0.2) is 0 Å². The Bertz CT molecular complexity index is 158. The molecule has 16 heavy (non-hydrogen) atoms. The molecule has 3 heteroatoms. The summed E-state index contributed by atoms with van der Waals surface area (Å²) in [5.41, 5.74) is 0. The first-order valence-electron chi connectivity index (χ1n) is 6.74. The van der Waals surface area contributed by atoms with Gasteiger partial charge in [-0.3, -0.25) is 0 Å².